The summed E-state index contributed by atoms with van der Waals surface area (Å²) in [5.41, 5.74) is 12.0. The van der Waals surface area contributed by atoms with Crippen LogP contribution < -0.4 is 16.8 Å². The molecule has 1 atom stereocenters. The molecule has 0 aliphatic carbocycles. The highest BCUT2D eigenvalue weighted by Gasteiger charge is 2.34. The Kier molecular flexibility index (Phi) is 5.57. The van der Waals surface area contributed by atoms with E-state index in [1.807, 2.05) is 0 Å². The zero-order valence-corrected chi connectivity index (χ0v) is 13.3. The summed E-state index contributed by atoms with van der Waals surface area (Å²) in [5, 5.41) is 3.01. The standard InChI is InChI=1S/C15H19ClN4O3/c16-10-4-5-11-9(7-10)8-20(15(23)14(22)19-11)12(13(18)21)3-1-2-6-17/h4-5,7,12H,1-3,6,8,17H2,(H2,18,21)(H,19,22)/t12-/m0/s1. The molecule has 0 bridgehead atoms. The Balaban J connectivity index is 2.32. The fourth-order valence-corrected chi connectivity index (χ4v) is 2.76. The normalized spacial score (nSPS) is 15.7. The third-order valence-electron chi connectivity index (χ3n) is 3.75. The maximum absolute atomic E-state index is 12.3. The minimum atomic E-state index is -0.857. The van der Waals surface area contributed by atoms with Crippen molar-refractivity contribution in [1.82, 2.24) is 4.90 Å². The van der Waals surface area contributed by atoms with Gasteiger partial charge >= 0.3 is 11.8 Å². The fraction of sp³-hybridized carbons (Fsp3) is 0.400. The predicted molar refractivity (Wildman–Crippen MR) is 86.5 cm³/mol. The highest BCUT2D eigenvalue weighted by molar-refractivity contribution is 6.40. The van der Waals surface area contributed by atoms with Crippen LogP contribution in [0.15, 0.2) is 18.2 Å². The Labute approximate surface area is 138 Å². The van der Waals surface area contributed by atoms with Crippen LogP contribution in [0.5, 0.6) is 0 Å². The van der Waals surface area contributed by atoms with Gasteiger partial charge in [-0.2, -0.15) is 0 Å². The lowest BCUT2D eigenvalue weighted by molar-refractivity contribution is -0.147. The summed E-state index contributed by atoms with van der Waals surface area (Å²) in [5.74, 6) is -2.22. The smallest absolute Gasteiger partial charge is 0.313 e. The molecule has 1 aromatic rings. The van der Waals surface area contributed by atoms with Gasteiger partial charge < -0.3 is 21.7 Å². The van der Waals surface area contributed by atoms with E-state index in [-0.39, 0.29) is 6.54 Å². The average Bonchev–Trinajstić information content (AvgIpc) is 2.61. The van der Waals surface area contributed by atoms with Crippen LogP contribution >= 0.6 is 11.6 Å². The number of primary amides is 1. The third kappa shape index (κ3) is 4.00. The molecule has 2 rings (SSSR count). The van der Waals surface area contributed by atoms with E-state index >= 15 is 0 Å². The summed E-state index contributed by atoms with van der Waals surface area (Å²) in [4.78, 5) is 37.3. The van der Waals surface area contributed by atoms with Crippen LogP contribution in [0.25, 0.3) is 0 Å². The number of nitrogens with one attached hydrogen (secondary N) is 1. The summed E-state index contributed by atoms with van der Waals surface area (Å²) < 4.78 is 0. The molecule has 23 heavy (non-hydrogen) atoms. The van der Waals surface area contributed by atoms with Crippen molar-refractivity contribution in [1.29, 1.82) is 0 Å². The average molecular weight is 339 g/mol. The maximum atomic E-state index is 12.3. The third-order valence-corrected chi connectivity index (χ3v) is 3.98. The van der Waals surface area contributed by atoms with Gasteiger partial charge in [-0.1, -0.05) is 11.6 Å². The van der Waals surface area contributed by atoms with Crippen molar-refractivity contribution in [3.8, 4) is 0 Å². The maximum Gasteiger partial charge on any atom is 0.313 e. The molecule has 0 saturated heterocycles. The molecule has 0 fully saturated rings. The molecule has 0 saturated carbocycles. The molecule has 8 heteroatoms. The number of hydrogen-bond acceptors (Lipinski definition) is 4. The van der Waals surface area contributed by atoms with Crippen molar-refractivity contribution in [2.24, 2.45) is 11.5 Å². The van der Waals surface area contributed by atoms with Gasteiger partial charge in [-0.3, -0.25) is 14.4 Å². The van der Waals surface area contributed by atoms with Gasteiger partial charge in [0.15, 0.2) is 0 Å². The first-order valence-electron chi connectivity index (χ1n) is 7.33. The van der Waals surface area contributed by atoms with Gasteiger partial charge in [-0.15, -0.1) is 0 Å². The first kappa shape index (κ1) is 17.2. The Morgan fingerprint density at radius 3 is 2.74 bits per heavy atom. The molecule has 124 valence electrons. The number of nitrogens with two attached hydrogens (primary N) is 2. The van der Waals surface area contributed by atoms with Crippen LogP contribution in [0.2, 0.25) is 5.02 Å². The van der Waals surface area contributed by atoms with Crippen molar-refractivity contribution >= 4 is 35.0 Å². The van der Waals surface area contributed by atoms with Crippen molar-refractivity contribution in [3.63, 3.8) is 0 Å². The van der Waals surface area contributed by atoms with E-state index in [2.05, 4.69) is 5.32 Å². The molecule has 0 spiro atoms. The number of hydrogen-bond donors (Lipinski definition) is 3. The summed E-state index contributed by atoms with van der Waals surface area (Å²) in [6.45, 7) is 0.571. The summed E-state index contributed by atoms with van der Waals surface area (Å²) >= 11 is 5.97. The van der Waals surface area contributed by atoms with Gasteiger partial charge in [-0.25, -0.2) is 0 Å². The second kappa shape index (κ2) is 7.43. The fourth-order valence-electron chi connectivity index (χ4n) is 2.56. The zero-order chi connectivity index (χ0) is 17.0. The van der Waals surface area contributed by atoms with E-state index in [0.29, 0.717) is 42.1 Å². The molecule has 1 aliphatic rings. The van der Waals surface area contributed by atoms with Gasteiger partial charge in [0, 0.05) is 17.3 Å². The SMILES string of the molecule is NCCCC[C@@H](C(N)=O)N1Cc2cc(Cl)ccc2NC(=O)C1=O. The topological polar surface area (TPSA) is 119 Å². The number of carbonyl (C=O) groups is 3. The summed E-state index contributed by atoms with van der Waals surface area (Å²) in [6, 6.07) is 4.04. The monoisotopic (exact) mass is 338 g/mol. The molecular formula is C15H19ClN4O3. The van der Waals surface area contributed by atoms with E-state index < -0.39 is 23.8 Å². The molecule has 1 aromatic carbocycles. The largest absolute Gasteiger partial charge is 0.368 e. The molecular weight excluding hydrogens is 320 g/mol. The van der Waals surface area contributed by atoms with E-state index in [1.54, 1.807) is 18.2 Å². The molecule has 1 aliphatic heterocycles. The highest BCUT2D eigenvalue weighted by Crippen LogP contribution is 2.26. The van der Waals surface area contributed by atoms with Gasteiger partial charge in [0.1, 0.15) is 6.04 Å². The predicted octanol–water partition coefficient (Wildman–Crippen LogP) is 0.604. The van der Waals surface area contributed by atoms with Crippen molar-refractivity contribution in [3.05, 3.63) is 28.8 Å². The number of halogens is 1. The number of amides is 3. The molecule has 1 heterocycles. The van der Waals surface area contributed by atoms with Crippen molar-refractivity contribution < 1.29 is 14.4 Å². The Morgan fingerprint density at radius 2 is 2.09 bits per heavy atom. The quantitative estimate of drug-likeness (QED) is 0.520. The van der Waals surface area contributed by atoms with E-state index in [9.17, 15) is 14.4 Å². The van der Waals surface area contributed by atoms with Crippen LogP contribution in [0.4, 0.5) is 5.69 Å². The minimum Gasteiger partial charge on any atom is -0.368 e. The molecule has 7 nitrogen and oxygen atoms in total. The van der Waals surface area contributed by atoms with Crippen LogP contribution in [0, 0.1) is 0 Å². The Hall–Kier alpha value is -2.12. The first-order chi connectivity index (χ1) is 10.9. The van der Waals surface area contributed by atoms with E-state index in [0.717, 1.165) is 0 Å². The number of nitrogens with zero attached hydrogens (tertiary/aromatic N) is 1. The number of rotatable bonds is 6. The number of carbonyl (C=O) groups excluding carboxylic acids is 3. The molecule has 0 aromatic heterocycles. The number of benzene rings is 1. The molecule has 3 amide bonds. The van der Waals surface area contributed by atoms with Gasteiger partial charge in [-0.05, 0) is 49.6 Å². The van der Waals surface area contributed by atoms with Gasteiger partial charge in [0.25, 0.3) is 0 Å². The summed E-state index contributed by atoms with van der Waals surface area (Å²) in [6.07, 6.45) is 1.71. The Bertz CT molecular complexity index is 635. The lowest BCUT2D eigenvalue weighted by Crippen LogP contribution is -2.49. The first-order valence-corrected chi connectivity index (χ1v) is 7.71. The van der Waals surface area contributed by atoms with E-state index in [4.69, 9.17) is 23.1 Å². The molecule has 0 radical (unpaired) electrons. The van der Waals surface area contributed by atoms with E-state index in [1.165, 1.54) is 4.90 Å². The van der Waals surface area contributed by atoms with Crippen molar-refractivity contribution in [2.75, 3.05) is 11.9 Å². The second-order valence-electron chi connectivity index (χ2n) is 5.39. The lowest BCUT2D eigenvalue weighted by atomic mass is 10.1. The molecule has 5 N–H and O–H groups in total. The zero-order valence-electron chi connectivity index (χ0n) is 12.5. The number of anilines is 1. The number of fused-ring (bicyclic) bond motifs is 1. The lowest BCUT2D eigenvalue weighted by Gasteiger charge is -2.27. The van der Waals surface area contributed by atoms with Crippen LogP contribution in [0.3, 0.4) is 0 Å². The molecule has 0 unspecified atom stereocenters. The highest BCUT2D eigenvalue weighted by atomic mass is 35.5. The van der Waals surface area contributed by atoms with Crippen LogP contribution in [-0.2, 0) is 20.9 Å². The van der Waals surface area contributed by atoms with Gasteiger partial charge in [0.2, 0.25) is 5.91 Å². The number of unbranched alkanes of at least 4 members (excludes halogenated alkanes) is 1. The second-order valence-corrected chi connectivity index (χ2v) is 5.83. The minimum absolute atomic E-state index is 0.0870. The van der Waals surface area contributed by atoms with Crippen LogP contribution in [0.1, 0.15) is 24.8 Å². The Morgan fingerprint density at radius 1 is 1.35 bits per heavy atom. The van der Waals surface area contributed by atoms with Gasteiger partial charge in [0.05, 0.1) is 0 Å². The summed E-state index contributed by atoms with van der Waals surface area (Å²) in [7, 11) is 0. The van der Waals surface area contributed by atoms with Crippen molar-refractivity contribution in [2.45, 2.75) is 31.8 Å². The van der Waals surface area contributed by atoms with Crippen LogP contribution in [-0.4, -0.2) is 35.2 Å².